The number of nitrogens with zero attached hydrogens (tertiary/aromatic N) is 1. The number of halogens is 3. The summed E-state index contributed by atoms with van der Waals surface area (Å²) in [5.74, 6) is 0.241. The fourth-order valence-corrected chi connectivity index (χ4v) is 4.19. The number of carbonyl (C=O) groups excluding carboxylic acids is 1. The number of carbonyl (C=O) groups is 1. The number of phenols is 1. The number of rotatable bonds is 10. The van der Waals surface area contributed by atoms with E-state index in [9.17, 15) is 9.90 Å². The number of hydrazone groups is 1. The Morgan fingerprint density at radius 2 is 1.73 bits per heavy atom. The summed E-state index contributed by atoms with van der Waals surface area (Å²) in [6, 6.07) is 21.5. The number of aromatic hydroxyl groups is 1. The van der Waals surface area contributed by atoms with Gasteiger partial charge < -0.3 is 15.2 Å². The molecule has 4 aromatic carbocycles. The van der Waals surface area contributed by atoms with Crippen LogP contribution in [0.4, 0.5) is 0 Å². The second kappa shape index (κ2) is 12.8. The molecule has 0 spiro atoms. The summed E-state index contributed by atoms with van der Waals surface area (Å²) in [4.78, 5) is 12.3. The molecule has 194 valence electrons. The normalized spacial score (nSPS) is 11.2. The molecule has 1 amide bonds. The van der Waals surface area contributed by atoms with Gasteiger partial charge in [-0.3, -0.25) is 4.79 Å². The van der Waals surface area contributed by atoms with Crippen LogP contribution in [0, 0.1) is 0 Å². The number of hydrogen-bond acceptors (Lipinski definition) is 5. The summed E-state index contributed by atoms with van der Waals surface area (Å²) in [5.41, 5.74) is 4.72. The smallest absolute Gasteiger partial charge is 0.271 e. The van der Waals surface area contributed by atoms with Crippen LogP contribution in [0.1, 0.15) is 24.3 Å². The summed E-state index contributed by atoms with van der Waals surface area (Å²) in [6.07, 6.45) is 2.42. The van der Waals surface area contributed by atoms with E-state index in [1.165, 1.54) is 18.2 Å². The molecule has 3 N–H and O–H groups in total. The number of amides is 1. The SMILES string of the molecule is O=C(N/N=C/c1ccc(OCCNCCc2ccc(Cl)c(Cl)c2)c2ccccc12)c1ccc(O)c(Cl)c1.[HH].[HH]. The molecule has 0 saturated carbocycles. The fourth-order valence-electron chi connectivity index (χ4n) is 3.69. The van der Waals surface area contributed by atoms with Crippen LogP contribution in [-0.2, 0) is 6.42 Å². The van der Waals surface area contributed by atoms with Gasteiger partial charge in [0, 0.05) is 25.9 Å². The minimum atomic E-state index is -0.436. The molecule has 0 atom stereocenters. The minimum Gasteiger partial charge on any atom is -0.506 e. The van der Waals surface area contributed by atoms with Gasteiger partial charge in [0.15, 0.2) is 0 Å². The number of ether oxygens (including phenoxy) is 1. The molecule has 0 radical (unpaired) electrons. The Hall–Kier alpha value is -3.29. The lowest BCUT2D eigenvalue weighted by molar-refractivity contribution is 0.0955. The van der Waals surface area contributed by atoms with Crippen molar-refractivity contribution >= 4 is 57.7 Å². The molecule has 0 aliphatic rings. The predicted octanol–water partition coefficient (Wildman–Crippen LogP) is 6.97. The van der Waals surface area contributed by atoms with Crippen molar-refractivity contribution in [3.8, 4) is 11.5 Å². The predicted molar refractivity (Wildman–Crippen MR) is 155 cm³/mol. The summed E-state index contributed by atoms with van der Waals surface area (Å²) in [6.45, 7) is 1.98. The molecule has 6 nitrogen and oxygen atoms in total. The fraction of sp³-hybridized carbons (Fsp3) is 0.143. The minimum absolute atomic E-state index is 0. The average Bonchev–Trinajstić information content (AvgIpc) is 2.90. The average molecular weight is 561 g/mol. The number of nitrogens with one attached hydrogen (secondary N) is 2. The van der Waals surface area contributed by atoms with Gasteiger partial charge in [0.2, 0.25) is 0 Å². The van der Waals surface area contributed by atoms with E-state index in [2.05, 4.69) is 15.8 Å². The van der Waals surface area contributed by atoms with Gasteiger partial charge in [-0.15, -0.1) is 0 Å². The first-order chi connectivity index (χ1) is 17.9. The Labute approximate surface area is 232 Å². The molecule has 0 aromatic heterocycles. The van der Waals surface area contributed by atoms with Crippen LogP contribution in [0.15, 0.2) is 77.9 Å². The quantitative estimate of drug-likeness (QED) is 0.111. The Kier molecular flexibility index (Phi) is 9.25. The van der Waals surface area contributed by atoms with E-state index in [0.717, 1.165) is 40.6 Å². The largest absolute Gasteiger partial charge is 0.506 e. The monoisotopic (exact) mass is 559 g/mol. The first-order valence-electron chi connectivity index (χ1n) is 11.5. The highest BCUT2D eigenvalue weighted by molar-refractivity contribution is 6.42. The van der Waals surface area contributed by atoms with E-state index in [1.54, 1.807) is 6.21 Å². The molecule has 4 aromatic rings. The third-order valence-electron chi connectivity index (χ3n) is 5.61. The molecule has 37 heavy (non-hydrogen) atoms. The molecular formula is C28H28Cl3N3O3. The van der Waals surface area contributed by atoms with E-state index >= 15 is 0 Å². The van der Waals surface area contributed by atoms with E-state index in [0.29, 0.717) is 28.8 Å². The van der Waals surface area contributed by atoms with Crippen LogP contribution in [0.3, 0.4) is 0 Å². The Balaban J connectivity index is 0.00000267. The summed E-state index contributed by atoms with van der Waals surface area (Å²) in [5, 5.41) is 20.1. The molecule has 0 heterocycles. The first-order valence-corrected chi connectivity index (χ1v) is 12.7. The van der Waals surface area contributed by atoms with E-state index in [1.807, 2.05) is 54.6 Å². The molecule has 0 saturated heterocycles. The summed E-state index contributed by atoms with van der Waals surface area (Å²) < 4.78 is 6.03. The van der Waals surface area contributed by atoms with Crippen LogP contribution >= 0.6 is 34.8 Å². The van der Waals surface area contributed by atoms with Gasteiger partial charge in [-0.25, -0.2) is 5.43 Å². The standard InChI is InChI=1S/C28H24Cl3N3O3.2H2/c29-23-8-5-18(15-24(23)30)11-12-32-13-14-37-27-10-7-20(21-3-1-2-4-22(21)27)17-33-34-28(36)19-6-9-26(35)25(31)16-19;;/h1-10,15-17,32,35H,11-14H2,(H,34,36);2*1H/b33-17+;;. The van der Waals surface area contributed by atoms with Crippen molar-refractivity contribution < 1.29 is 17.5 Å². The highest BCUT2D eigenvalue weighted by Gasteiger charge is 2.09. The number of hydrogen-bond donors (Lipinski definition) is 3. The molecular weight excluding hydrogens is 533 g/mol. The van der Waals surface area contributed by atoms with Crippen molar-refractivity contribution in [1.29, 1.82) is 0 Å². The van der Waals surface area contributed by atoms with Crippen molar-refractivity contribution in [2.75, 3.05) is 19.7 Å². The van der Waals surface area contributed by atoms with Crippen molar-refractivity contribution in [1.82, 2.24) is 10.7 Å². The van der Waals surface area contributed by atoms with Crippen LogP contribution in [0.2, 0.25) is 15.1 Å². The maximum Gasteiger partial charge on any atom is 0.271 e. The van der Waals surface area contributed by atoms with Crippen molar-refractivity contribution in [3.63, 3.8) is 0 Å². The van der Waals surface area contributed by atoms with Gasteiger partial charge >= 0.3 is 0 Å². The second-order valence-corrected chi connectivity index (χ2v) is 9.38. The van der Waals surface area contributed by atoms with Crippen LogP contribution < -0.4 is 15.5 Å². The van der Waals surface area contributed by atoms with Gasteiger partial charge in [0.05, 0.1) is 21.3 Å². The molecule has 0 fully saturated rings. The zero-order valence-corrected chi connectivity index (χ0v) is 21.9. The molecule has 0 aliphatic carbocycles. The topological polar surface area (TPSA) is 83.0 Å². The maximum atomic E-state index is 12.3. The van der Waals surface area contributed by atoms with Crippen molar-refractivity contribution in [2.24, 2.45) is 5.10 Å². The third kappa shape index (κ3) is 7.14. The second-order valence-electron chi connectivity index (χ2n) is 8.16. The van der Waals surface area contributed by atoms with Crippen LogP contribution in [-0.4, -0.2) is 36.9 Å². The number of fused-ring (bicyclic) bond motifs is 1. The van der Waals surface area contributed by atoms with Gasteiger partial charge in [-0.2, -0.15) is 5.10 Å². The zero-order chi connectivity index (χ0) is 26.2. The Morgan fingerprint density at radius 1 is 0.919 bits per heavy atom. The molecule has 9 heteroatoms. The van der Waals surface area contributed by atoms with E-state index < -0.39 is 5.91 Å². The first kappa shape index (κ1) is 26.8. The van der Waals surface area contributed by atoms with Gasteiger partial charge in [0.25, 0.3) is 5.91 Å². The third-order valence-corrected chi connectivity index (χ3v) is 6.65. The molecule has 4 rings (SSSR count). The van der Waals surface area contributed by atoms with Crippen molar-refractivity contribution in [2.45, 2.75) is 6.42 Å². The lowest BCUT2D eigenvalue weighted by atomic mass is 10.0. The lowest BCUT2D eigenvalue weighted by Gasteiger charge is -2.12. The highest BCUT2D eigenvalue weighted by atomic mass is 35.5. The number of benzene rings is 4. The van der Waals surface area contributed by atoms with E-state index in [4.69, 9.17) is 39.5 Å². The molecule has 0 unspecified atom stereocenters. The van der Waals surface area contributed by atoms with Crippen molar-refractivity contribution in [3.05, 3.63) is 105 Å². The van der Waals surface area contributed by atoms with Crippen LogP contribution in [0.5, 0.6) is 11.5 Å². The molecule has 0 aliphatic heterocycles. The zero-order valence-electron chi connectivity index (χ0n) is 19.7. The number of phenolic OH excluding ortho intramolecular Hbond substituents is 1. The molecule has 0 bridgehead atoms. The van der Waals surface area contributed by atoms with Crippen LogP contribution in [0.25, 0.3) is 10.8 Å². The van der Waals surface area contributed by atoms with Gasteiger partial charge in [-0.05, 0) is 66.4 Å². The maximum absolute atomic E-state index is 12.3. The Morgan fingerprint density at radius 3 is 2.51 bits per heavy atom. The van der Waals surface area contributed by atoms with E-state index in [-0.39, 0.29) is 13.6 Å². The summed E-state index contributed by atoms with van der Waals surface area (Å²) >= 11 is 17.9. The summed E-state index contributed by atoms with van der Waals surface area (Å²) in [7, 11) is 0. The van der Waals surface area contributed by atoms with Gasteiger partial charge in [-0.1, -0.05) is 65.1 Å². The highest BCUT2D eigenvalue weighted by Crippen LogP contribution is 2.28. The lowest BCUT2D eigenvalue weighted by Crippen LogP contribution is -2.23. The van der Waals surface area contributed by atoms with Gasteiger partial charge in [0.1, 0.15) is 18.1 Å². The Bertz CT molecular complexity index is 1450.